The molecule has 8 heterocycles. The number of fused-ring (bicyclic) bond motifs is 2. The van der Waals surface area contributed by atoms with Gasteiger partial charge in [-0.1, -0.05) is 4.98 Å². The molecule has 13 N–H and O–H groups in total. The van der Waals surface area contributed by atoms with Crippen molar-refractivity contribution >= 4 is 67.9 Å². The van der Waals surface area contributed by atoms with E-state index in [1.807, 2.05) is 9.71 Å². The third-order valence-electron chi connectivity index (χ3n) is 11.5. The number of nitrogen functional groups attached to an aromatic ring is 2. The number of imidazole rings is 2. The first-order chi connectivity index (χ1) is 34.7. The first-order valence-corrected chi connectivity index (χ1v) is 27.0. The molecule has 3 saturated heterocycles. The number of nitrogens with one attached hydrogen (secondary N) is 3. The Balaban J connectivity index is 0.940. The van der Waals surface area contributed by atoms with Gasteiger partial charge in [0.25, 0.3) is 17.1 Å². The zero-order valence-corrected chi connectivity index (χ0v) is 41.7. The molecule has 3 fully saturated rings. The number of nitrogens with two attached hydrogens (primary N) is 2. The molecule has 3 aliphatic rings. The van der Waals surface area contributed by atoms with E-state index in [1.165, 1.54) is 34.2 Å². The van der Waals surface area contributed by atoms with Crippen LogP contribution in [0.25, 0.3) is 22.3 Å². The zero-order chi connectivity index (χ0) is 53.8. The Bertz CT molecular complexity index is 3340. The van der Waals surface area contributed by atoms with Crippen LogP contribution in [0.3, 0.4) is 0 Å². The summed E-state index contributed by atoms with van der Waals surface area (Å²) in [6.45, 7) is -3.31. The molecule has 8 rings (SSSR count). The largest absolute Gasteiger partial charge is 0.490 e. The normalized spacial score (nSPS) is 30.0. The maximum Gasteiger partial charge on any atom is 0.490 e. The number of phosphoric acid groups is 3. The number of aliphatic hydroxyl groups excluding tert-OH is 3. The average molecular weight is 1130 g/mol. The molecule has 3 unspecified atom stereocenters. The van der Waals surface area contributed by atoms with Crippen LogP contribution in [0.5, 0.6) is 0 Å². The molecular weight excluding hydrogens is 1090 g/mol. The Kier molecular flexibility index (Phi) is 15.9. The number of H-pyrrole nitrogens is 2. The standard InChI is InChI=1S/C33H46N13O24P3S/c1-43-12-46(27-19(43)28(51)42-32(35)41-27)29-20(48)13(7-61-2)15(66-29)8-63-71(53,54)69-73(57,58)70-72(55,56)64-9-16-23(24(62-3)31(67-16)45-11-38-18-25(34)36-10-37-26(18)45)68-74(59,60)39-6-14-21(49)22(50)30(65-14)44-5-4-17(47)40-33(44)52/h4-5,10-16,20-24,29-31,39,48-50H,6-9H2,1-3H3,(H8-,34,35,36,37,40,41,42,47,51,52,53,54,55,56,57,58)/p+1/t13-,14-,15-,16-,20-,21-,22-,23-,24-,29-,30-,31-/m1/s1. The molecule has 15 atom stereocenters. The molecule has 0 amide bonds. The van der Waals surface area contributed by atoms with Gasteiger partial charge < -0.3 is 65.2 Å². The number of aromatic nitrogens is 10. The van der Waals surface area contributed by atoms with E-state index in [2.05, 4.69) is 33.5 Å². The van der Waals surface area contributed by atoms with E-state index in [1.54, 1.807) is 0 Å². The van der Waals surface area contributed by atoms with Gasteiger partial charge in [0.15, 0.2) is 30.2 Å². The molecule has 3 aliphatic heterocycles. The van der Waals surface area contributed by atoms with Gasteiger partial charge in [-0.25, -0.2) is 42.2 Å². The fourth-order valence-corrected chi connectivity index (χ4v) is 12.8. The van der Waals surface area contributed by atoms with Crippen LogP contribution in [0, 0.1) is 5.92 Å². The van der Waals surface area contributed by atoms with Gasteiger partial charge in [-0.3, -0.25) is 42.3 Å². The lowest BCUT2D eigenvalue weighted by Gasteiger charge is -2.24. The second-order valence-electron chi connectivity index (χ2n) is 16.4. The van der Waals surface area contributed by atoms with Crippen molar-refractivity contribution in [2.75, 3.05) is 52.1 Å². The fraction of sp³-hybridized carbons (Fsp3) is 0.576. The molecule has 0 radical (unpaired) electrons. The summed E-state index contributed by atoms with van der Waals surface area (Å²) < 4.78 is 125. The van der Waals surface area contributed by atoms with Crippen LogP contribution in [0.2, 0.25) is 0 Å². The minimum atomic E-state index is -6.18. The highest BCUT2D eigenvalue weighted by Crippen LogP contribution is 2.68. The van der Waals surface area contributed by atoms with Crippen molar-refractivity contribution in [3.63, 3.8) is 0 Å². The van der Waals surface area contributed by atoms with Crippen LogP contribution in [-0.4, -0.2) is 171 Å². The van der Waals surface area contributed by atoms with Gasteiger partial charge in [-0.2, -0.15) is 21.8 Å². The van der Waals surface area contributed by atoms with Crippen LogP contribution in [0.15, 0.2) is 45.6 Å². The molecule has 5 aromatic rings. The van der Waals surface area contributed by atoms with E-state index in [0.29, 0.717) is 0 Å². The fourth-order valence-electron chi connectivity index (χ4n) is 8.31. The number of aromatic amines is 2. The maximum atomic E-state index is 13.5. The summed E-state index contributed by atoms with van der Waals surface area (Å²) in [5.74, 6) is -1.40. The van der Waals surface area contributed by atoms with Crippen molar-refractivity contribution in [1.82, 2.24) is 48.3 Å². The summed E-state index contributed by atoms with van der Waals surface area (Å²) in [4.78, 5) is 88.4. The Labute approximate surface area is 412 Å². The van der Waals surface area contributed by atoms with Crippen LogP contribution in [-0.2, 0) is 76.6 Å². The van der Waals surface area contributed by atoms with Crippen molar-refractivity contribution in [2.24, 2.45) is 13.0 Å². The minimum Gasteiger partial charge on any atom is -0.387 e. The quantitative estimate of drug-likeness (QED) is 0.0242. The minimum absolute atomic E-state index is 0.00670. The monoisotopic (exact) mass is 1130 g/mol. The number of hydrogen-bond donors (Lipinski definition) is 11. The molecular formula is C33H47N13O24P3S+. The van der Waals surface area contributed by atoms with E-state index >= 15 is 0 Å². The van der Waals surface area contributed by atoms with Crippen molar-refractivity contribution in [3.8, 4) is 0 Å². The number of anilines is 2. The Morgan fingerprint density at radius 3 is 2.18 bits per heavy atom. The van der Waals surface area contributed by atoms with Crippen LogP contribution in [0.1, 0.15) is 18.7 Å². The molecule has 0 saturated carbocycles. The third-order valence-corrected chi connectivity index (χ3v) is 16.8. The number of aliphatic hydroxyl groups is 3. The maximum absolute atomic E-state index is 13.5. The number of nitrogens with zero attached hydrogens (tertiary/aromatic N) is 8. The topological polar surface area (TPSA) is 516 Å². The Morgan fingerprint density at radius 2 is 1.51 bits per heavy atom. The highest BCUT2D eigenvalue weighted by atomic mass is 32.2. The van der Waals surface area contributed by atoms with Crippen LogP contribution < -0.4 is 37.6 Å². The molecule has 0 aromatic carbocycles. The summed E-state index contributed by atoms with van der Waals surface area (Å²) in [5, 5.41) is 32.5. The molecule has 5 aromatic heterocycles. The van der Waals surface area contributed by atoms with Gasteiger partial charge in [-0.05, 0) is 0 Å². The van der Waals surface area contributed by atoms with E-state index in [4.69, 9.17) is 48.4 Å². The van der Waals surface area contributed by atoms with Gasteiger partial charge in [0.05, 0.1) is 39.3 Å². The molecule has 41 heteroatoms. The number of aryl methyl sites for hydroxylation is 1. The summed E-state index contributed by atoms with van der Waals surface area (Å²) in [7, 11) is -19.2. The zero-order valence-electron chi connectivity index (χ0n) is 38.2. The smallest absolute Gasteiger partial charge is 0.387 e. The van der Waals surface area contributed by atoms with Gasteiger partial charge in [0, 0.05) is 38.9 Å². The predicted octanol–water partition coefficient (Wildman–Crippen LogP) is -5.26. The summed E-state index contributed by atoms with van der Waals surface area (Å²) in [6.07, 6.45) is -13.2. The third kappa shape index (κ3) is 11.6. The summed E-state index contributed by atoms with van der Waals surface area (Å²) in [6, 6.07) is 0.929. The second kappa shape index (κ2) is 21.3. The van der Waals surface area contributed by atoms with E-state index < -0.39 is 144 Å². The molecule has 0 bridgehead atoms. The summed E-state index contributed by atoms with van der Waals surface area (Å²) >= 11 is 0. The van der Waals surface area contributed by atoms with E-state index in [0.717, 1.165) is 36.6 Å². The van der Waals surface area contributed by atoms with Gasteiger partial charge in [0.1, 0.15) is 54.6 Å². The molecule has 0 aliphatic carbocycles. The highest BCUT2D eigenvalue weighted by molar-refractivity contribution is 7.84. The molecule has 408 valence electrons. The second-order valence-corrected chi connectivity index (χ2v) is 22.4. The Hall–Kier alpha value is -4.86. The van der Waals surface area contributed by atoms with Crippen molar-refractivity contribution < 1.29 is 102 Å². The van der Waals surface area contributed by atoms with Crippen molar-refractivity contribution in [1.29, 1.82) is 0 Å². The SMILES string of the molecule is COC[C@H]1[C@@H](O)[C@H]([n+]2cn(C)c3c(=O)[nH]c(N)nc32)O[C@@H]1COP(=O)(O)OP(=O)(O)OP(=O)(O)OC[C@H]1O[C@@H](n2cnc3c(N)ncnc32)[C@H](OC)[C@@H]1OS(=O)(=O)NC[C@H]1O[C@@H](n2ccc(=O)[nH]c2=O)[C@H](O)[C@@H]1O. The van der Waals surface area contributed by atoms with Crippen molar-refractivity contribution in [2.45, 2.75) is 67.5 Å². The van der Waals surface area contributed by atoms with Gasteiger partial charge in [-0.15, -0.1) is 0 Å². The number of rotatable bonds is 21. The lowest BCUT2D eigenvalue weighted by atomic mass is 9.99. The number of phosphoric ester groups is 2. The van der Waals surface area contributed by atoms with Gasteiger partial charge >= 0.3 is 45.1 Å². The lowest BCUT2D eigenvalue weighted by molar-refractivity contribution is -0.745. The van der Waals surface area contributed by atoms with Crippen LogP contribution >= 0.6 is 23.5 Å². The van der Waals surface area contributed by atoms with Crippen molar-refractivity contribution in [3.05, 3.63) is 62.4 Å². The number of hydrogen-bond acceptors (Lipinski definition) is 27. The predicted molar refractivity (Wildman–Crippen MR) is 238 cm³/mol. The van der Waals surface area contributed by atoms with E-state index in [9.17, 15) is 66.5 Å². The van der Waals surface area contributed by atoms with Crippen LogP contribution in [0.4, 0.5) is 11.8 Å². The first-order valence-electron chi connectivity index (χ1n) is 21.1. The lowest BCUT2D eigenvalue weighted by Crippen LogP contribution is -2.45. The highest BCUT2D eigenvalue weighted by Gasteiger charge is 2.53. The number of methoxy groups -OCH3 is 2. The molecule has 74 heavy (non-hydrogen) atoms. The first kappa shape index (κ1) is 55.4. The average Bonchev–Trinajstić information content (AvgIpc) is 4.10. The number of ether oxygens (including phenoxy) is 5. The molecule has 37 nitrogen and oxygen atoms in total. The Morgan fingerprint density at radius 1 is 0.838 bits per heavy atom. The van der Waals surface area contributed by atoms with E-state index in [-0.39, 0.29) is 40.7 Å². The summed E-state index contributed by atoms with van der Waals surface area (Å²) in [5.41, 5.74) is 9.28. The molecule has 0 spiro atoms. The van der Waals surface area contributed by atoms with Gasteiger partial charge in [0.2, 0.25) is 11.7 Å².